The Bertz CT molecular complexity index is 756. The van der Waals surface area contributed by atoms with Crippen molar-refractivity contribution in [1.82, 2.24) is 14.8 Å². The van der Waals surface area contributed by atoms with E-state index >= 15 is 0 Å². The van der Waals surface area contributed by atoms with Gasteiger partial charge < -0.3 is 14.2 Å². The Hall–Kier alpha value is -2.37. The number of rotatable bonds is 2. The molecule has 2 amide bonds. The molecule has 24 heavy (non-hydrogen) atoms. The van der Waals surface area contributed by atoms with Crippen molar-refractivity contribution in [3.05, 3.63) is 30.2 Å². The van der Waals surface area contributed by atoms with Crippen molar-refractivity contribution in [3.8, 4) is 0 Å². The second kappa shape index (κ2) is 6.26. The SMILES string of the molecule is O=C(c1ccc2ncoc2c1)N1CCN(C(=O)C2CCCC2)CC1. The monoisotopic (exact) mass is 327 g/mol. The van der Waals surface area contributed by atoms with Gasteiger partial charge in [-0.3, -0.25) is 9.59 Å². The van der Waals surface area contributed by atoms with Crippen molar-refractivity contribution >= 4 is 22.9 Å². The molecule has 1 saturated heterocycles. The summed E-state index contributed by atoms with van der Waals surface area (Å²) in [5.41, 5.74) is 1.98. The fourth-order valence-electron chi connectivity index (χ4n) is 3.73. The van der Waals surface area contributed by atoms with Gasteiger partial charge in [0.25, 0.3) is 5.91 Å². The Morgan fingerprint density at radius 1 is 1.04 bits per heavy atom. The highest BCUT2D eigenvalue weighted by atomic mass is 16.3. The molecule has 1 aromatic heterocycles. The molecule has 1 aliphatic heterocycles. The third kappa shape index (κ3) is 2.77. The van der Waals surface area contributed by atoms with E-state index < -0.39 is 0 Å². The van der Waals surface area contributed by atoms with Gasteiger partial charge in [0.1, 0.15) is 5.52 Å². The van der Waals surface area contributed by atoms with Crippen molar-refractivity contribution in [2.24, 2.45) is 5.92 Å². The van der Waals surface area contributed by atoms with Crippen LogP contribution in [-0.4, -0.2) is 52.8 Å². The summed E-state index contributed by atoms with van der Waals surface area (Å²) < 4.78 is 5.27. The van der Waals surface area contributed by atoms with E-state index in [-0.39, 0.29) is 17.7 Å². The number of amides is 2. The van der Waals surface area contributed by atoms with Crippen molar-refractivity contribution in [2.45, 2.75) is 25.7 Å². The summed E-state index contributed by atoms with van der Waals surface area (Å²) in [6, 6.07) is 5.32. The van der Waals surface area contributed by atoms with E-state index in [0.717, 1.165) is 18.4 Å². The smallest absolute Gasteiger partial charge is 0.254 e. The molecule has 2 heterocycles. The van der Waals surface area contributed by atoms with Crippen LogP contribution in [0, 0.1) is 5.92 Å². The number of aromatic nitrogens is 1. The van der Waals surface area contributed by atoms with Crippen LogP contribution in [0.3, 0.4) is 0 Å². The first-order valence-electron chi connectivity index (χ1n) is 8.64. The number of carbonyl (C=O) groups is 2. The van der Waals surface area contributed by atoms with Crippen LogP contribution < -0.4 is 0 Å². The van der Waals surface area contributed by atoms with Crippen molar-refractivity contribution in [3.63, 3.8) is 0 Å². The van der Waals surface area contributed by atoms with Gasteiger partial charge >= 0.3 is 0 Å². The van der Waals surface area contributed by atoms with Gasteiger partial charge in [-0.25, -0.2) is 4.98 Å². The van der Waals surface area contributed by atoms with Gasteiger partial charge in [0, 0.05) is 37.7 Å². The predicted octanol–water partition coefficient (Wildman–Crippen LogP) is 2.30. The quantitative estimate of drug-likeness (QED) is 0.849. The summed E-state index contributed by atoms with van der Waals surface area (Å²) in [7, 11) is 0. The van der Waals surface area contributed by atoms with Gasteiger partial charge in [0.05, 0.1) is 0 Å². The normalized spacial score (nSPS) is 19.2. The lowest BCUT2D eigenvalue weighted by Gasteiger charge is -2.36. The fourth-order valence-corrected chi connectivity index (χ4v) is 3.73. The maximum Gasteiger partial charge on any atom is 0.254 e. The van der Waals surface area contributed by atoms with Crippen LogP contribution in [0.15, 0.2) is 29.0 Å². The molecule has 1 aliphatic carbocycles. The lowest BCUT2D eigenvalue weighted by Crippen LogP contribution is -2.51. The predicted molar refractivity (Wildman–Crippen MR) is 88.5 cm³/mol. The van der Waals surface area contributed by atoms with E-state index in [9.17, 15) is 9.59 Å². The van der Waals surface area contributed by atoms with Crippen LogP contribution >= 0.6 is 0 Å². The van der Waals surface area contributed by atoms with Crippen LogP contribution in [0.2, 0.25) is 0 Å². The van der Waals surface area contributed by atoms with Crippen LogP contribution in [0.1, 0.15) is 36.0 Å². The zero-order valence-electron chi connectivity index (χ0n) is 13.6. The number of hydrogen-bond acceptors (Lipinski definition) is 4. The third-order valence-corrected chi connectivity index (χ3v) is 5.16. The minimum atomic E-state index is -0.0127. The van der Waals surface area contributed by atoms with Crippen molar-refractivity contribution in [2.75, 3.05) is 26.2 Å². The molecule has 0 atom stereocenters. The summed E-state index contributed by atoms with van der Waals surface area (Å²) >= 11 is 0. The highest BCUT2D eigenvalue weighted by Gasteiger charge is 2.30. The van der Waals surface area contributed by atoms with E-state index in [0.29, 0.717) is 37.3 Å². The molecule has 0 spiro atoms. The molecule has 6 nitrogen and oxygen atoms in total. The number of carbonyl (C=O) groups excluding carboxylic acids is 2. The minimum absolute atomic E-state index is 0.0127. The first kappa shape index (κ1) is 15.2. The van der Waals surface area contributed by atoms with Gasteiger partial charge in [0.15, 0.2) is 12.0 Å². The Kier molecular flexibility index (Phi) is 3.96. The Morgan fingerprint density at radius 2 is 1.75 bits per heavy atom. The molecule has 0 bridgehead atoms. The highest BCUT2D eigenvalue weighted by Crippen LogP contribution is 2.27. The second-order valence-corrected chi connectivity index (χ2v) is 6.63. The molecule has 126 valence electrons. The average molecular weight is 327 g/mol. The average Bonchev–Trinajstić information content (AvgIpc) is 3.31. The zero-order valence-corrected chi connectivity index (χ0v) is 13.6. The van der Waals surface area contributed by atoms with E-state index in [4.69, 9.17) is 4.42 Å². The summed E-state index contributed by atoms with van der Waals surface area (Å²) in [5.74, 6) is 0.477. The van der Waals surface area contributed by atoms with Crippen molar-refractivity contribution in [1.29, 1.82) is 0 Å². The Morgan fingerprint density at radius 3 is 2.50 bits per heavy atom. The molecule has 2 aliphatic rings. The van der Waals surface area contributed by atoms with Gasteiger partial charge in [0.2, 0.25) is 5.91 Å². The first-order valence-corrected chi connectivity index (χ1v) is 8.64. The molecule has 0 radical (unpaired) electrons. The van der Waals surface area contributed by atoms with E-state index in [1.54, 1.807) is 18.2 Å². The minimum Gasteiger partial charge on any atom is -0.443 e. The standard InChI is InChI=1S/C18H21N3O3/c22-17(13-3-1-2-4-13)20-7-9-21(10-8-20)18(23)14-5-6-15-16(11-14)24-12-19-15/h5-6,11-13H,1-4,7-10H2. The van der Waals surface area contributed by atoms with Crippen LogP contribution in [0.4, 0.5) is 0 Å². The fraction of sp³-hybridized carbons (Fsp3) is 0.500. The summed E-state index contributed by atoms with van der Waals surface area (Å²) in [4.78, 5) is 32.9. The second-order valence-electron chi connectivity index (χ2n) is 6.63. The zero-order chi connectivity index (χ0) is 16.5. The van der Waals surface area contributed by atoms with E-state index in [2.05, 4.69) is 4.98 Å². The molecule has 0 unspecified atom stereocenters. The van der Waals surface area contributed by atoms with Crippen molar-refractivity contribution < 1.29 is 14.0 Å². The highest BCUT2D eigenvalue weighted by molar-refractivity contribution is 5.97. The number of hydrogen-bond donors (Lipinski definition) is 0. The number of piperazine rings is 1. The number of oxazole rings is 1. The van der Waals surface area contributed by atoms with Crippen LogP contribution in [-0.2, 0) is 4.79 Å². The first-order chi connectivity index (χ1) is 11.7. The number of fused-ring (bicyclic) bond motifs is 1. The van der Waals surface area contributed by atoms with Crippen LogP contribution in [0.25, 0.3) is 11.1 Å². The lowest BCUT2D eigenvalue weighted by molar-refractivity contribution is -0.136. The molecule has 1 saturated carbocycles. The number of benzene rings is 1. The van der Waals surface area contributed by atoms with Gasteiger partial charge in [-0.05, 0) is 31.0 Å². The van der Waals surface area contributed by atoms with E-state index in [1.807, 2.05) is 9.80 Å². The maximum atomic E-state index is 12.7. The van der Waals surface area contributed by atoms with Gasteiger partial charge in [-0.1, -0.05) is 12.8 Å². The molecular weight excluding hydrogens is 306 g/mol. The van der Waals surface area contributed by atoms with Gasteiger partial charge in [-0.15, -0.1) is 0 Å². The summed E-state index contributed by atoms with van der Waals surface area (Å²) in [6.45, 7) is 2.44. The molecule has 1 aromatic carbocycles. The molecule has 2 aromatic rings. The molecular formula is C18H21N3O3. The van der Waals surface area contributed by atoms with E-state index in [1.165, 1.54) is 19.2 Å². The number of nitrogens with zero attached hydrogens (tertiary/aromatic N) is 3. The van der Waals surface area contributed by atoms with Gasteiger partial charge in [-0.2, -0.15) is 0 Å². The van der Waals surface area contributed by atoms with Crippen LogP contribution in [0.5, 0.6) is 0 Å². The Balaban J connectivity index is 1.39. The summed E-state index contributed by atoms with van der Waals surface area (Å²) in [5, 5.41) is 0. The molecule has 0 N–H and O–H groups in total. The Labute approximate surface area is 140 Å². The molecule has 4 rings (SSSR count). The molecule has 2 fully saturated rings. The maximum absolute atomic E-state index is 12.7. The molecule has 6 heteroatoms. The summed E-state index contributed by atoms with van der Waals surface area (Å²) in [6.07, 6.45) is 5.76. The largest absolute Gasteiger partial charge is 0.443 e. The lowest BCUT2D eigenvalue weighted by atomic mass is 10.1. The topological polar surface area (TPSA) is 66.7 Å². The third-order valence-electron chi connectivity index (χ3n) is 5.16.